The first kappa shape index (κ1) is 16.3. The van der Waals surface area contributed by atoms with Crippen LogP contribution >= 0.6 is 0 Å². The van der Waals surface area contributed by atoms with Crippen LogP contribution < -0.4 is 62.9 Å². The normalized spacial score (nSPS) is 6.75. The molecule has 0 atom stereocenters. The average molecular weight is 144 g/mol. The first-order chi connectivity index (χ1) is 2.91. The summed E-state index contributed by atoms with van der Waals surface area (Å²) in [5.41, 5.74) is 10.3. The summed E-state index contributed by atoms with van der Waals surface area (Å²) in [5.74, 6) is 0. The summed E-state index contributed by atoms with van der Waals surface area (Å²) in [5, 5.41) is 0. The summed E-state index contributed by atoms with van der Waals surface area (Å²) in [6.45, 7) is 1.55. The van der Waals surface area contributed by atoms with Gasteiger partial charge in [-0.2, -0.15) is 0 Å². The van der Waals surface area contributed by atoms with Crippen molar-refractivity contribution in [2.24, 2.45) is 11.5 Å². The quantitative estimate of drug-likeness (QED) is 0.319. The zero-order valence-corrected chi connectivity index (χ0v) is 8.55. The average Bonchev–Trinajstić information content (AvgIpc) is 1.61. The maximum Gasteiger partial charge on any atom is 1.00 e. The van der Waals surface area contributed by atoms with Crippen LogP contribution in [0, 0.1) is 0 Å². The van der Waals surface area contributed by atoms with E-state index in [1.54, 1.807) is 0 Å². The summed E-state index contributed by atoms with van der Waals surface area (Å²) >= 11 is 0. The van der Waals surface area contributed by atoms with Crippen molar-refractivity contribution in [2.45, 2.75) is 12.8 Å². The van der Waals surface area contributed by atoms with Crippen molar-refractivity contribution in [3.05, 3.63) is 0 Å². The second-order valence-corrected chi connectivity index (χ2v) is 1.28. The second kappa shape index (κ2) is 15.8. The van der Waals surface area contributed by atoms with Crippen molar-refractivity contribution in [2.75, 3.05) is 13.1 Å². The van der Waals surface area contributed by atoms with Crippen LogP contribution in [0.5, 0.6) is 0 Å². The minimum Gasteiger partial charge on any atom is -0.870 e. The van der Waals surface area contributed by atoms with Gasteiger partial charge in [-0.3, -0.25) is 0 Å². The van der Waals surface area contributed by atoms with Gasteiger partial charge in [0.25, 0.3) is 0 Å². The predicted molar refractivity (Wildman–Crippen MR) is 29.3 cm³/mol. The molecule has 0 fully saturated rings. The molecule has 0 saturated carbocycles. The number of unbranched alkanes of at least 4 members (excludes halogenated alkanes) is 1. The number of hydrogen-bond donors (Lipinski definition) is 2. The molecule has 3 nitrogen and oxygen atoms in total. The van der Waals surface area contributed by atoms with Crippen LogP contribution in [0.4, 0.5) is 0 Å². The van der Waals surface area contributed by atoms with Crippen molar-refractivity contribution in [1.82, 2.24) is 0 Å². The van der Waals surface area contributed by atoms with E-state index in [0.29, 0.717) is 0 Å². The van der Waals surface area contributed by atoms with Crippen LogP contribution in [0.15, 0.2) is 0 Å². The summed E-state index contributed by atoms with van der Waals surface area (Å²) in [4.78, 5) is 0. The Balaban J connectivity index is -0.000000125. The Morgan fingerprint density at radius 2 is 1.12 bits per heavy atom. The summed E-state index contributed by atoms with van der Waals surface area (Å²) in [6.07, 6.45) is 2.13. The monoisotopic (exact) mass is 144 g/mol. The Kier molecular flexibility index (Phi) is 32.1. The minimum absolute atomic E-state index is 0. The standard InChI is InChI=1S/C4H12N2.K.H2O/c5-3-1-2-4-6;;/h1-6H2;;1H2/q;+1;/p-1. The molecule has 8 heavy (non-hydrogen) atoms. The molecule has 0 heterocycles. The third-order valence-electron chi connectivity index (χ3n) is 0.658. The van der Waals surface area contributed by atoms with Crippen LogP contribution in [0.25, 0.3) is 0 Å². The predicted octanol–water partition coefficient (Wildman–Crippen LogP) is -3.49. The third-order valence-corrected chi connectivity index (χ3v) is 0.658. The molecule has 0 spiro atoms. The van der Waals surface area contributed by atoms with E-state index in [-0.39, 0.29) is 56.9 Å². The molecule has 46 valence electrons. The van der Waals surface area contributed by atoms with E-state index in [1.165, 1.54) is 0 Å². The molecule has 0 aliphatic carbocycles. The Labute approximate surface area is 92.9 Å². The molecule has 0 amide bonds. The van der Waals surface area contributed by atoms with Gasteiger partial charge in [-0.05, 0) is 25.9 Å². The number of rotatable bonds is 3. The maximum atomic E-state index is 5.16. The molecule has 4 heteroatoms. The van der Waals surface area contributed by atoms with Gasteiger partial charge in [0.1, 0.15) is 0 Å². The Morgan fingerprint density at radius 3 is 1.25 bits per heavy atom. The zero-order chi connectivity index (χ0) is 4.83. The van der Waals surface area contributed by atoms with Crippen LogP contribution in [-0.2, 0) is 0 Å². The van der Waals surface area contributed by atoms with E-state index < -0.39 is 0 Å². The zero-order valence-electron chi connectivity index (χ0n) is 5.43. The van der Waals surface area contributed by atoms with Gasteiger partial charge in [0.15, 0.2) is 0 Å². The molecule has 0 aliphatic rings. The van der Waals surface area contributed by atoms with Gasteiger partial charge >= 0.3 is 51.4 Å². The van der Waals surface area contributed by atoms with Gasteiger partial charge in [0.2, 0.25) is 0 Å². The SMILES string of the molecule is NCCCCN.[K+].[OH-]. The molecule has 0 aromatic carbocycles. The molecule has 5 N–H and O–H groups in total. The third kappa shape index (κ3) is 15.6. The number of nitrogens with two attached hydrogens (primary N) is 2. The molecular weight excluding hydrogens is 131 g/mol. The fourth-order valence-corrected chi connectivity index (χ4v) is 0.289. The van der Waals surface area contributed by atoms with Crippen molar-refractivity contribution >= 4 is 0 Å². The van der Waals surface area contributed by atoms with Gasteiger partial charge in [0.05, 0.1) is 0 Å². The van der Waals surface area contributed by atoms with Gasteiger partial charge < -0.3 is 16.9 Å². The first-order valence-electron chi connectivity index (χ1n) is 2.32. The molecule has 0 unspecified atom stereocenters. The van der Waals surface area contributed by atoms with Crippen molar-refractivity contribution in [3.8, 4) is 0 Å². The summed E-state index contributed by atoms with van der Waals surface area (Å²) < 4.78 is 0. The van der Waals surface area contributed by atoms with Crippen molar-refractivity contribution in [3.63, 3.8) is 0 Å². The van der Waals surface area contributed by atoms with Gasteiger partial charge in [-0.1, -0.05) is 0 Å². The second-order valence-electron chi connectivity index (χ2n) is 1.28. The van der Waals surface area contributed by atoms with Crippen molar-refractivity contribution in [1.29, 1.82) is 0 Å². The van der Waals surface area contributed by atoms with E-state index in [9.17, 15) is 0 Å². The smallest absolute Gasteiger partial charge is 0.870 e. The molecule has 0 aromatic heterocycles. The van der Waals surface area contributed by atoms with Crippen LogP contribution in [0.3, 0.4) is 0 Å². The van der Waals surface area contributed by atoms with Crippen LogP contribution in [0.1, 0.15) is 12.8 Å². The Bertz CT molecular complexity index is 26.0. The van der Waals surface area contributed by atoms with Gasteiger partial charge in [-0.15, -0.1) is 0 Å². The molecule has 0 saturated heterocycles. The molecule has 0 aromatic rings. The van der Waals surface area contributed by atoms with Gasteiger partial charge in [0, 0.05) is 0 Å². The van der Waals surface area contributed by atoms with E-state index >= 15 is 0 Å². The Hall–Kier alpha value is 1.52. The fourth-order valence-electron chi connectivity index (χ4n) is 0.289. The molecule has 0 rings (SSSR count). The van der Waals surface area contributed by atoms with Crippen LogP contribution in [0.2, 0.25) is 0 Å². The first-order valence-corrected chi connectivity index (χ1v) is 2.32. The van der Waals surface area contributed by atoms with E-state index in [2.05, 4.69) is 0 Å². The molecule has 0 radical (unpaired) electrons. The van der Waals surface area contributed by atoms with E-state index in [4.69, 9.17) is 11.5 Å². The summed E-state index contributed by atoms with van der Waals surface area (Å²) in [7, 11) is 0. The van der Waals surface area contributed by atoms with Crippen molar-refractivity contribution < 1.29 is 56.9 Å². The Morgan fingerprint density at radius 1 is 0.875 bits per heavy atom. The molecular formula is C4H13KN2O. The van der Waals surface area contributed by atoms with E-state index in [0.717, 1.165) is 25.9 Å². The van der Waals surface area contributed by atoms with Crippen LogP contribution in [-0.4, -0.2) is 18.6 Å². The maximum absolute atomic E-state index is 5.16. The van der Waals surface area contributed by atoms with Gasteiger partial charge in [-0.25, -0.2) is 0 Å². The minimum atomic E-state index is 0. The van der Waals surface area contributed by atoms with E-state index in [1.807, 2.05) is 0 Å². The largest absolute Gasteiger partial charge is 1.00 e. The summed E-state index contributed by atoms with van der Waals surface area (Å²) in [6, 6.07) is 0. The molecule has 0 aliphatic heterocycles. The topological polar surface area (TPSA) is 82.0 Å². The fraction of sp³-hybridized carbons (Fsp3) is 1.00. The number of hydrogen-bond acceptors (Lipinski definition) is 3. The molecule has 0 bridgehead atoms.